The van der Waals surface area contributed by atoms with Crippen molar-refractivity contribution in [3.8, 4) is 11.4 Å². The molecule has 3 aromatic rings. The Hall–Kier alpha value is -2.99. The van der Waals surface area contributed by atoms with Crippen LogP contribution < -0.4 is 0 Å². The molecule has 0 atom stereocenters. The van der Waals surface area contributed by atoms with Crippen LogP contribution in [0.5, 0.6) is 0 Å². The van der Waals surface area contributed by atoms with E-state index in [-0.39, 0.29) is 5.91 Å². The zero-order chi connectivity index (χ0) is 19.9. The third kappa shape index (κ3) is 5.29. The molecule has 1 aliphatic rings. The second kappa shape index (κ2) is 9.47. The summed E-state index contributed by atoms with van der Waals surface area (Å²) >= 11 is 0. The molecule has 1 aliphatic heterocycles. The van der Waals surface area contributed by atoms with Gasteiger partial charge in [-0.3, -0.25) is 9.69 Å². The van der Waals surface area contributed by atoms with E-state index in [2.05, 4.69) is 39.3 Å². The van der Waals surface area contributed by atoms with Crippen LogP contribution in [0.25, 0.3) is 11.4 Å². The van der Waals surface area contributed by atoms with Crippen molar-refractivity contribution < 1.29 is 9.32 Å². The fourth-order valence-corrected chi connectivity index (χ4v) is 3.65. The number of carbonyl (C=O) groups excluding carboxylic acids is 1. The number of aryl methyl sites for hydroxylation is 1. The van der Waals surface area contributed by atoms with Crippen LogP contribution >= 0.6 is 0 Å². The monoisotopic (exact) mass is 390 g/mol. The van der Waals surface area contributed by atoms with Gasteiger partial charge in [-0.1, -0.05) is 65.8 Å². The molecule has 1 saturated heterocycles. The minimum atomic E-state index is 0.158. The summed E-state index contributed by atoms with van der Waals surface area (Å²) in [4.78, 5) is 21.5. The Balaban J connectivity index is 1.26. The zero-order valence-corrected chi connectivity index (χ0v) is 16.5. The molecule has 6 nitrogen and oxygen atoms in total. The van der Waals surface area contributed by atoms with Crippen molar-refractivity contribution >= 4 is 5.91 Å². The van der Waals surface area contributed by atoms with Gasteiger partial charge in [0.2, 0.25) is 17.6 Å². The van der Waals surface area contributed by atoms with Crippen LogP contribution in [-0.4, -0.2) is 52.0 Å². The average molecular weight is 390 g/mol. The lowest BCUT2D eigenvalue weighted by atomic mass is 10.2. The van der Waals surface area contributed by atoms with E-state index in [0.717, 1.165) is 44.7 Å². The number of amides is 1. The second-order valence-electron chi connectivity index (χ2n) is 7.37. The van der Waals surface area contributed by atoms with Crippen LogP contribution in [0.1, 0.15) is 24.3 Å². The third-order valence-electron chi connectivity index (χ3n) is 5.24. The first-order valence-electron chi connectivity index (χ1n) is 10.2. The van der Waals surface area contributed by atoms with Gasteiger partial charge in [0.1, 0.15) is 0 Å². The Kier molecular flexibility index (Phi) is 6.32. The summed E-state index contributed by atoms with van der Waals surface area (Å²) in [6.07, 6.45) is 1.87. The molecule has 1 aromatic heterocycles. The Labute approximate surface area is 171 Å². The first-order chi connectivity index (χ1) is 14.3. The van der Waals surface area contributed by atoms with E-state index in [4.69, 9.17) is 4.52 Å². The van der Waals surface area contributed by atoms with Crippen LogP contribution in [0.4, 0.5) is 0 Å². The Bertz CT molecular complexity index is 911. The van der Waals surface area contributed by atoms with Gasteiger partial charge in [-0.2, -0.15) is 4.98 Å². The minimum absolute atomic E-state index is 0.158. The third-order valence-corrected chi connectivity index (χ3v) is 5.24. The van der Waals surface area contributed by atoms with Gasteiger partial charge in [-0.05, 0) is 12.0 Å². The molecule has 1 fully saturated rings. The van der Waals surface area contributed by atoms with Crippen molar-refractivity contribution in [2.24, 2.45) is 0 Å². The van der Waals surface area contributed by atoms with Crippen molar-refractivity contribution in [2.45, 2.75) is 25.8 Å². The summed E-state index contributed by atoms with van der Waals surface area (Å²) in [5, 5.41) is 4.02. The van der Waals surface area contributed by atoms with Crippen LogP contribution in [0.15, 0.2) is 65.2 Å². The van der Waals surface area contributed by atoms with Gasteiger partial charge in [0.25, 0.3) is 0 Å². The smallest absolute Gasteiger partial charge is 0.227 e. The van der Waals surface area contributed by atoms with Gasteiger partial charge in [0, 0.05) is 51.1 Å². The predicted octanol–water partition coefficient (Wildman–Crippen LogP) is 3.40. The SMILES string of the molecule is O=C(CCc1nc(-c2ccccc2)no1)N1CCCN(Cc2ccccc2)CC1. The van der Waals surface area contributed by atoms with Gasteiger partial charge in [-0.15, -0.1) is 0 Å². The lowest BCUT2D eigenvalue weighted by molar-refractivity contribution is -0.131. The number of carbonyl (C=O) groups is 1. The molecule has 0 aliphatic carbocycles. The minimum Gasteiger partial charge on any atom is -0.341 e. The quantitative estimate of drug-likeness (QED) is 0.645. The summed E-state index contributed by atoms with van der Waals surface area (Å²) in [5.41, 5.74) is 2.23. The van der Waals surface area contributed by atoms with E-state index in [1.807, 2.05) is 41.3 Å². The van der Waals surface area contributed by atoms with E-state index in [9.17, 15) is 4.79 Å². The number of hydrogen-bond donors (Lipinski definition) is 0. The highest BCUT2D eigenvalue weighted by atomic mass is 16.5. The molecule has 0 N–H and O–H groups in total. The summed E-state index contributed by atoms with van der Waals surface area (Å²) in [5.74, 6) is 1.24. The maximum atomic E-state index is 12.7. The molecule has 0 unspecified atom stereocenters. The highest BCUT2D eigenvalue weighted by molar-refractivity contribution is 5.76. The van der Waals surface area contributed by atoms with Gasteiger partial charge in [0.05, 0.1) is 0 Å². The number of aromatic nitrogens is 2. The molecule has 29 heavy (non-hydrogen) atoms. The topological polar surface area (TPSA) is 62.5 Å². The highest BCUT2D eigenvalue weighted by Gasteiger charge is 2.20. The van der Waals surface area contributed by atoms with Gasteiger partial charge < -0.3 is 9.42 Å². The standard InChI is InChI=1S/C23H26N4O2/c28-22(13-12-21-24-23(25-29-21)20-10-5-2-6-11-20)27-15-7-14-26(16-17-27)18-19-8-3-1-4-9-19/h1-6,8-11H,7,12-18H2. The molecule has 150 valence electrons. The first-order valence-corrected chi connectivity index (χ1v) is 10.2. The van der Waals surface area contributed by atoms with Crippen molar-refractivity contribution in [1.29, 1.82) is 0 Å². The van der Waals surface area contributed by atoms with Gasteiger partial charge >= 0.3 is 0 Å². The summed E-state index contributed by atoms with van der Waals surface area (Å²) in [6, 6.07) is 20.2. The number of hydrogen-bond acceptors (Lipinski definition) is 5. The molecule has 0 saturated carbocycles. The van der Waals surface area contributed by atoms with Gasteiger partial charge in [0.15, 0.2) is 0 Å². The molecule has 2 heterocycles. The van der Waals surface area contributed by atoms with Crippen LogP contribution in [0.2, 0.25) is 0 Å². The zero-order valence-electron chi connectivity index (χ0n) is 16.5. The van der Waals surface area contributed by atoms with Crippen LogP contribution in [0, 0.1) is 0 Å². The molecule has 0 radical (unpaired) electrons. The fraction of sp³-hybridized carbons (Fsp3) is 0.348. The van der Waals surface area contributed by atoms with E-state index < -0.39 is 0 Å². The lowest BCUT2D eigenvalue weighted by Crippen LogP contribution is -2.35. The van der Waals surface area contributed by atoms with Crippen molar-refractivity contribution in [2.75, 3.05) is 26.2 Å². The summed E-state index contributed by atoms with van der Waals surface area (Å²) in [6.45, 7) is 4.43. The van der Waals surface area contributed by atoms with Crippen molar-refractivity contribution in [3.63, 3.8) is 0 Å². The molecular formula is C23H26N4O2. The maximum Gasteiger partial charge on any atom is 0.227 e. The Morgan fingerprint density at radius 1 is 0.931 bits per heavy atom. The highest BCUT2D eigenvalue weighted by Crippen LogP contribution is 2.16. The van der Waals surface area contributed by atoms with E-state index >= 15 is 0 Å². The first kappa shape index (κ1) is 19.3. The van der Waals surface area contributed by atoms with Gasteiger partial charge in [-0.25, -0.2) is 0 Å². The normalized spacial score (nSPS) is 15.2. The summed E-state index contributed by atoms with van der Waals surface area (Å²) in [7, 11) is 0. The van der Waals surface area contributed by atoms with E-state index in [0.29, 0.717) is 24.6 Å². The molecule has 0 bridgehead atoms. The Morgan fingerprint density at radius 2 is 1.69 bits per heavy atom. The predicted molar refractivity (Wildman–Crippen MR) is 111 cm³/mol. The number of nitrogens with zero attached hydrogens (tertiary/aromatic N) is 4. The van der Waals surface area contributed by atoms with Crippen LogP contribution in [-0.2, 0) is 17.8 Å². The molecular weight excluding hydrogens is 364 g/mol. The van der Waals surface area contributed by atoms with Crippen LogP contribution in [0.3, 0.4) is 0 Å². The lowest BCUT2D eigenvalue weighted by Gasteiger charge is -2.22. The van der Waals surface area contributed by atoms with Crippen molar-refractivity contribution in [3.05, 3.63) is 72.1 Å². The van der Waals surface area contributed by atoms with E-state index in [1.165, 1.54) is 5.56 Å². The Morgan fingerprint density at radius 3 is 2.48 bits per heavy atom. The maximum absolute atomic E-state index is 12.7. The second-order valence-corrected chi connectivity index (χ2v) is 7.37. The largest absolute Gasteiger partial charge is 0.341 e. The summed E-state index contributed by atoms with van der Waals surface area (Å²) < 4.78 is 5.32. The fourth-order valence-electron chi connectivity index (χ4n) is 3.65. The molecule has 6 heteroatoms. The molecule has 1 amide bonds. The molecule has 4 rings (SSSR count). The molecule has 2 aromatic carbocycles. The van der Waals surface area contributed by atoms with Crippen molar-refractivity contribution in [1.82, 2.24) is 19.9 Å². The van der Waals surface area contributed by atoms with E-state index in [1.54, 1.807) is 0 Å². The number of benzene rings is 2. The molecule has 0 spiro atoms. The average Bonchev–Trinajstić information content (AvgIpc) is 3.12. The number of rotatable bonds is 6.